The molecule has 1 aliphatic rings. The molecule has 1 aromatic carbocycles. The number of nitrogens with one attached hydrogen (secondary N) is 1. The fourth-order valence-corrected chi connectivity index (χ4v) is 2.31. The zero-order chi connectivity index (χ0) is 10.8. The summed E-state index contributed by atoms with van der Waals surface area (Å²) in [6, 6.07) is 6.01. The van der Waals surface area contributed by atoms with Crippen molar-refractivity contribution in [2.75, 3.05) is 11.4 Å². The molecule has 0 aliphatic carbocycles. The highest BCUT2D eigenvalue weighted by molar-refractivity contribution is 7.97. The summed E-state index contributed by atoms with van der Waals surface area (Å²) in [7, 11) is 0. The van der Waals surface area contributed by atoms with E-state index in [9.17, 15) is 4.79 Å². The average Bonchev–Trinajstić information content (AvgIpc) is 2.61. The Morgan fingerprint density at radius 1 is 1.60 bits per heavy atom. The number of hydrazine groups is 1. The highest BCUT2D eigenvalue weighted by Gasteiger charge is 2.21. The van der Waals surface area contributed by atoms with Gasteiger partial charge in [0.25, 0.3) is 0 Å². The van der Waals surface area contributed by atoms with Crippen LogP contribution in [0.2, 0.25) is 0 Å². The predicted octanol–water partition coefficient (Wildman–Crippen LogP) is 1.07. The molecule has 2 rings (SSSR count). The average molecular weight is 223 g/mol. The van der Waals surface area contributed by atoms with Gasteiger partial charge in [-0.3, -0.25) is 10.6 Å². The highest BCUT2D eigenvalue weighted by atomic mass is 32.2. The van der Waals surface area contributed by atoms with E-state index >= 15 is 0 Å². The van der Waals surface area contributed by atoms with Crippen LogP contribution in [0.15, 0.2) is 23.1 Å². The lowest BCUT2D eigenvalue weighted by Gasteiger charge is -2.14. The maximum atomic E-state index is 11.3. The van der Waals surface area contributed by atoms with Gasteiger partial charge in [0, 0.05) is 24.1 Å². The SMILES string of the molecule is CC(=O)N1CCc2cc(SNN)ccc21. The largest absolute Gasteiger partial charge is 0.312 e. The molecule has 15 heavy (non-hydrogen) atoms. The summed E-state index contributed by atoms with van der Waals surface area (Å²) in [6.07, 6.45) is 0.924. The Morgan fingerprint density at radius 3 is 3.07 bits per heavy atom. The first-order valence-electron chi connectivity index (χ1n) is 4.76. The zero-order valence-corrected chi connectivity index (χ0v) is 9.30. The quantitative estimate of drug-likeness (QED) is 0.447. The second-order valence-electron chi connectivity index (χ2n) is 3.43. The molecule has 1 aliphatic heterocycles. The van der Waals surface area contributed by atoms with Crippen LogP contribution < -0.4 is 15.6 Å². The number of carbonyl (C=O) groups is 1. The summed E-state index contributed by atoms with van der Waals surface area (Å²) < 4.78 is 0. The van der Waals surface area contributed by atoms with Gasteiger partial charge in [-0.05, 0) is 42.1 Å². The summed E-state index contributed by atoms with van der Waals surface area (Å²) in [6.45, 7) is 2.38. The van der Waals surface area contributed by atoms with E-state index in [0.29, 0.717) is 0 Å². The van der Waals surface area contributed by atoms with Gasteiger partial charge in [-0.25, -0.2) is 0 Å². The van der Waals surface area contributed by atoms with Crippen LogP contribution in [0, 0.1) is 0 Å². The maximum Gasteiger partial charge on any atom is 0.223 e. The normalized spacial score (nSPS) is 14.1. The summed E-state index contributed by atoms with van der Waals surface area (Å²) in [5.41, 5.74) is 2.24. The number of anilines is 1. The second-order valence-corrected chi connectivity index (χ2v) is 4.34. The first kappa shape index (κ1) is 10.5. The number of benzene rings is 1. The van der Waals surface area contributed by atoms with Crippen LogP contribution in [-0.4, -0.2) is 12.5 Å². The molecule has 0 fully saturated rings. The summed E-state index contributed by atoms with van der Waals surface area (Å²) >= 11 is 1.38. The first-order valence-corrected chi connectivity index (χ1v) is 5.57. The van der Waals surface area contributed by atoms with Gasteiger partial charge in [0.2, 0.25) is 5.91 Å². The summed E-state index contributed by atoms with van der Waals surface area (Å²) in [5.74, 6) is 5.33. The van der Waals surface area contributed by atoms with Crippen LogP contribution in [0.5, 0.6) is 0 Å². The van der Waals surface area contributed by atoms with E-state index in [1.807, 2.05) is 12.1 Å². The molecule has 0 unspecified atom stereocenters. The minimum Gasteiger partial charge on any atom is -0.312 e. The van der Waals surface area contributed by atoms with E-state index in [2.05, 4.69) is 10.9 Å². The van der Waals surface area contributed by atoms with Crippen molar-refractivity contribution in [3.8, 4) is 0 Å². The predicted molar refractivity (Wildman–Crippen MR) is 61.4 cm³/mol. The van der Waals surface area contributed by atoms with E-state index in [1.165, 1.54) is 17.5 Å². The van der Waals surface area contributed by atoms with Crippen molar-refractivity contribution in [1.29, 1.82) is 0 Å². The third kappa shape index (κ3) is 1.99. The maximum absolute atomic E-state index is 11.3. The Morgan fingerprint density at radius 2 is 2.40 bits per heavy atom. The van der Waals surface area contributed by atoms with Gasteiger partial charge in [0.05, 0.1) is 0 Å². The van der Waals surface area contributed by atoms with Crippen LogP contribution >= 0.6 is 11.9 Å². The Bertz CT molecular complexity index is 394. The second kappa shape index (κ2) is 4.22. The number of amides is 1. The van der Waals surface area contributed by atoms with E-state index in [4.69, 9.17) is 5.84 Å². The van der Waals surface area contributed by atoms with E-state index in [1.54, 1.807) is 11.8 Å². The lowest BCUT2D eigenvalue weighted by Crippen LogP contribution is -2.25. The molecular formula is C10H13N3OS. The molecule has 80 valence electrons. The first-order chi connectivity index (χ1) is 7.22. The molecule has 1 aromatic rings. The van der Waals surface area contributed by atoms with Crippen LogP contribution in [0.25, 0.3) is 0 Å². The molecule has 1 heterocycles. The standard InChI is InChI=1S/C10H13N3OS/c1-7(14)13-5-4-8-6-9(15-12-11)2-3-10(8)13/h2-3,6,12H,4-5,11H2,1H3. The number of nitrogens with two attached hydrogens (primary N) is 1. The monoisotopic (exact) mass is 223 g/mol. The van der Waals surface area contributed by atoms with E-state index < -0.39 is 0 Å². The number of hydrogen-bond donors (Lipinski definition) is 2. The number of nitrogens with zero attached hydrogens (tertiary/aromatic N) is 1. The molecular weight excluding hydrogens is 210 g/mol. The smallest absolute Gasteiger partial charge is 0.223 e. The van der Waals surface area contributed by atoms with Gasteiger partial charge in [-0.15, -0.1) is 0 Å². The number of fused-ring (bicyclic) bond motifs is 1. The van der Waals surface area contributed by atoms with Gasteiger partial charge in [0.15, 0.2) is 0 Å². The van der Waals surface area contributed by atoms with Crippen molar-refractivity contribution in [2.24, 2.45) is 5.84 Å². The lowest BCUT2D eigenvalue weighted by molar-refractivity contribution is -0.116. The molecule has 5 heteroatoms. The topological polar surface area (TPSA) is 58.4 Å². The third-order valence-corrected chi connectivity index (χ3v) is 3.11. The van der Waals surface area contributed by atoms with Crippen molar-refractivity contribution in [1.82, 2.24) is 4.83 Å². The number of carbonyl (C=O) groups excluding carboxylic acids is 1. The van der Waals surface area contributed by atoms with Crippen LogP contribution in [0.3, 0.4) is 0 Å². The van der Waals surface area contributed by atoms with Crippen molar-refractivity contribution in [3.63, 3.8) is 0 Å². The van der Waals surface area contributed by atoms with Gasteiger partial charge in [-0.2, -0.15) is 4.83 Å². The van der Waals surface area contributed by atoms with E-state index in [-0.39, 0.29) is 5.91 Å². The van der Waals surface area contributed by atoms with E-state index in [0.717, 1.165) is 23.5 Å². The Labute approximate surface area is 92.9 Å². The van der Waals surface area contributed by atoms with Gasteiger partial charge in [-0.1, -0.05) is 0 Å². The van der Waals surface area contributed by atoms with Gasteiger partial charge < -0.3 is 4.90 Å². The highest BCUT2D eigenvalue weighted by Crippen LogP contribution is 2.30. The molecule has 0 atom stereocenters. The third-order valence-electron chi connectivity index (χ3n) is 2.50. The molecule has 0 bridgehead atoms. The molecule has 3 N–H and O–H groups in total. The lowest BCUT2D eigenvalue weighted by atomic mass is 10.2. The van der Waals surface area contributed by atoms with Crippen molar-refractivity contribution in [3.05, 3.63) is 23.8 Å². The fourth-order valence-electron chi connectivity index (χ4n) is 1.84. The molecule has 0 spiro atoms. The Balaban J connectivity index is 2.29. The van der Waals surface area contributed by atoms with Crippen LogP contribution in [0.1, 0.15) is 12.5 Å². The zero-order valence-electron chi connectivity index (χ0n) is 8.49. The Hall–Kier alpha value is -1.04. The van der Waals surface area contributed by atoms with Crippen LogP contribution in [0.4, 0.5) is 5.69 Å². The fraction of sp³-hybridized carbons (Fsp3) is 0.300. The molecule has 0 aromatic heterocycles. The van der Waals surface area contributed by atoms with Gasteiger partial charge in [0.1, 0.15) is 0 Å². The molecule has 1 amide bonds. The van der Waals surface area contributed by atoms with Crippen molar-refractivity contribution in [2.45, 2.75) is 18.2 Å². The minimum absolute atomic E-state index is 0.103. The molecule has 0 radical (unpaired) electrons. The van der Waals surface area contributed by atoms with Gasteiger partial charge >= 0.3 is 0 Å². The Kier molecular flexibility index (Phi) is 2.95. The molecule has 4 nitrogen and oxygen atoms in total. The summed E-state index contributed by atoms with van der Waals surface area (Å²) in [4.78, 5) is 16.7. The van der Waals surface area contributed by atoms with Crippen molar-refractivity contribution < 1.29 is 4.79 Å². The number of hydrogen-bond acceptors (Lipinski definition) is 4. The molecule has 0 saturated heterocycles. The minimum atomic E-state index is 0.103. The van der Waals surface area contributed by atoms with Crippen molar-refractivity contribution >= 4 is 23.5 Å². The molecule has 0 saturated carbocycles. The number of rotatable bonds is 2. The van der Waals surface area contributed by atoms with Crippen LogP contribution in [-0.2, 0) is 11.2 Å². The summed E-state index contributed by atoms with van der Waals surface area (Å²) in [5, 5.41) is 0.